The summed E-state index contributed by atoms with van der Waals surface area (Å²) in [6, 6.07) is 7.02. The number of hydrogen-bond acceptors (Lipinski definition) is 2. The van der Waals surface area contributed by atoms with E-state index in [0.29, 0.717) is 12.0 Å². The van der Waals surface area contributed by atoms with Crippen molar-refractivity contribution in [1.82, 2.24) is 5.32 Å². The lowest BCUT2D eigenvalue weighted by Crippen LogP contribution is -2.19. The molecule has 96 valence electrons. The van der Waals surface area contributed by atoms with Gasteiger partial charge < -0.3 is 9.73 Å². The fraction of sp³-hybridized carbons (Fsp3) is 0.286. The van der Waals surface area contributed by atoms with Crippen LogP contribution in [0.1, 0.15) is 22.9 Å². The predicted octanol–water partition coefficient (Wildman–Crippen LogP) is 3.99. The molecule has 1 atom stereocenters. The minimum atomic E-state index is -0.200. The van der Waals surface area contributed by atoms with Crippen LogP contribution >= 0.6 is 15.9 Å². The molecule has 0 bridgehead atoms. The molecular weight excluding hydrogens is 297 g/mol. The van der Waals surface area contributed by atoms with Gasteiger partial charge in [-0.2, -0.15) is 0 Å². The Labute approximate surface area is 114 Å². The molecule has 4 heteroatoms. The molecule has 0 saturated heterocycles. The highest BCUT2D eigenvalue weighted by atomic mass is 79.9. The van der Waals surface area contributed by atoms with Gasteiger partial charge in [-0.25, -0.2) is 4.39 Å². The SMILES string of the molecule is CNC(Cc1ccc(Br)cc1F)c1occc1C. The zero-order valence-electron chi connectivity index (χ0n) is 10.3. The summed E-state index contributed by atoms with van der Waals surface area (Å²) in [6.07, 6.45) is 2.22. The molecule has 0 fully saturated rings. The lowest BCUT2D eigenvalue weighted by molar-refractivity contribution is 0.422. The number of benzene rings is 1. The average Bonchev–Trinajstić information content (AvgIpc) is 2.75. The van der Waals surface area contributed by atoms with E-state index in [4.69, 9.17) is 4.42 Å². The number of rotatable bonds is 4. The molecule has 0 saturated carbocycles. The highest BCUT2D eigenvalue weighted by molar-refractivity contribution is 9.10. The van der Waals surface area contributed by atoms with Crippen LogP contribution in [0.4, 0.5) is 4.39 Å². The first kappa shape index (κ1) is 13.3. The lowest BCUT2D eigenvalue weighted by Gasteiger charge is -2.15. The van der Waals surface area contributed by atoms with E-state index in [2.05, 4.69) is 21.2 Å². The Balaban J connectivity index is 2.23. The third-order valence-corrected chi connectivity index (χ3v) is 3.50. The first-order valence-corrected chi connectivity index (χ1v) is 6.56. The van der Waals surface area contributed by atoms with E-state index in [1.807, 2.05) is 26.1 Å². The Morgan fingerprint density at radius 2 is 2.17 bits per heavy atom. The van der Waals surface area contributed by atoms with Crippen LogP contribution in [0.5, 0.6) is 0 Å². The second-order valence-corrected chi connectivity index (χ2v) is 5.16. The molecule has 0 amide bonds. The topological polar surface area (TPSA) is 25.2 Å². The van der Waals surface area contributed by atoms with E-state index in [1.54, 1.807) is 12.3 Å². The third kappa shape index (κ3) is 2.82. The quantitative estimate of drug-likeness (QED) is 0.923. The predicted molar refractivity (Wildman–Crippen MR) is 73.0 cm³/mol. The molecule has 1 N–H and O–H groups in total. The van der Waals surface area contributed by atoms with Gasteiger partial charge in [0.05, 0.1) is 12.3 Å². The molecule has 0 spiro atoms. The van der Waals surface area contributed by atoms with E-state index in [0.717, 1.165) is 15.8 Å². The standard InChI is InChI=1S/C14H15BrFNO/c1-9-5-6-18-14(9)13(17-2)7-10-3-4-11(15)8-12(10)16/h3-6,8,13,17H,7H2,1-2H3. The summed E-state index contributed by atoms with van der Waals surface area (Å²) in [5.74, 6) is 0.661. The molecule has 2 rings (SSSR count). The van der Waals surface area contributed by atoms with Gasteiger partial charge in [-0.1, -0.05) is 22.0 Å². The highest BCUT2D eigenvalue weighted by Crippen LogP contribution is 2.24. The number of hydrogen-bond donors (Lipinski definition) is 1. The molecule has 2 nitrogen and oxygen atoms in total. The van der Waals surface area contributed by atoms with Crippen LogP contribution in [-0.4, -0.2) is 7.05 Å². The van der Waals surface area contributed by atoms with E-state index in [9.17, 15) is 4.39 Å². The van der Waals surface area contributed by atoms with Crippen molar-refractivity contribution in [2.45, 2.75) is 19.4 Å². The molecule has 0 aliphatic carbocycles. The first-order valence-electron chi connectivity index (χ1n) is 5.77. The van der Waals surface area contributed by atoms with Crippen molar-refractivity contribution >= 4 is 15.9 Å². The summed E-state index contributed by atoms with van der Waals surface area (Å²) < 4.78 is 20.0. The van der Waals surface area contributed by atoms with Gasteiger partial charge in [0.25, 0.3) is 0 Å². The Bertz CT molecular complexity index is 538. The summed E-state index contributed by atoms with van der Waals surface area (Å²) in [4.78, 5) is 0. The fourth-order valence-corrected chi connectivity index (χ4v) is 2.31. The van der Waals surface area contributed by atoms with Gasteiger partial charge in [0.15, 0.2) is 0 Å². The van der Waals surface area contributed by atoms with Crippen molar-refractivity contribution < 1.29 is 8.81 Å². The zero-order valence-corrected chi connectivity index (χ0v) is 11.9. The fourth-order valence-electron chi connectivity index (χ4n) is 1.97. The highest BCUT2D eigenvalue weighted by Gasteiger charge is 2.17. The maximum absolute atomic E-state index is 13.8. The number of halogens is 2. The molecule has 18 heavy (non-hydrogen) atoms. The average molecular weight is 312 g/mol. The molecule has 0 aliphatic rings. The van der Waals surface area contributed by atoms with Crippen LogP contribution in [0.2, 0.25) is 0 Å². The van der Waals surface area contributed by atoms with Crippen LogP contribution in [-0.2, 0) is 6.42 Å². The molecule has 1 heterocycles. The first-order chi connectivity index (χ1) is 8.61. The Kier molecular flexibility index (Phi) is 4.19. The van der Waals surface area contributed by atoms with Crippen LogP contribution in [0.15, 0.2) is 39.4 Å². The number of likely N-dealkylation sites (N-methyl/N-ethyl adjacent to an activating group) is 1. The molecule has 1 aromatic carbocycles. The van der Waals surface area contributed by atoms with Gasteiger partial charge in [-0.3, -0.25) is 0 Å². The van der Waals surface area contributed by atoms with Crippen molar-refractivity contribution in [3.8, 4) is 0 Å². The summed E-state index contributed by atoms with van der Waals surface area (Å²) in [5.41, 5.74) is 1.75. The largest absolute Gasteiger partial charge is 0.467 e. The number of aryl methyl sites for hydroxylation is 1. The van der Waals surface area contributed by atoms with Gasteiger partial charge in [-0.15, -0.1) is 0 Å². The van der Waals surface area contributed by atoms with Crippen LogP contribution < -0.4 is 5.32 Å². The minimum Gasteiger partial charge on any atom is -0.467 e. The van der Waals surface area contributed by atoms with Gasteiger partial charge in [-0.05, 0) is 49.7 Å². The molecule has 0 radical (unpaired) electrons. The Morgan fingerprint density at radius 1 is 1.39 bits per heavy atom. The Hall–Kier alpha value is -1.13. The maximum atomic E-state index is 13.8. The normalized spacial score (nSPS) is 12.7. The van der Waals surface area contributed by atoms with Crippen molar-refractivity contribution in [3.05, 3.63) is 57.7 Å². The van der Waals surface area contributed by atoms with E-state index in [-0.39, 0.29) is 11.9 Å². The van der Waals surface area contributed by atoms with Crippen molar-refractivity contribution in [1.29, 1.82) is 0 Å². The number of furan rings is 1. The molecule has 1 unspecified atom stereocenters. The molecular formula is C14H15BrFNO. The second-order valence-electron chi connectivity index (χ2n) is 4.25. The maximum Gasteiger partial charge on any atom is 0.127 e. The van der Waals surface area contributed by atoms with Crippen molar-refractivity contribution in [3.63, 3.8) is 0 Å². The summed E-state index contributed by atoms with van der Waals surface area (Å²) in [7, 11) is 1.85. The van der Waals surface area contributed by atoms with Crippen LogP contribution in [0.3, 0.4) is 0 Å². The molecule has 1 aromatic heterocycles. The van der Waals surface area contributed by atoms with Crippen molar-refractivity contribution in [2.24, 2.45) is 0 Å². The van der Waals surface area contributed by atoms with Crippen LogP contribution in [0, 0.1) is 12.7 Å². The smallest absolute Gasteiger partial charge is 0.127 e. The Morgan fingerprint density at radius 3 is 2.72 bits per heavy atom. The van der Waals surface area contributed by atoms with Crippen LogP contribution in [0.25, 0.3) is 0 Å². The van der Waals surface area contributed by atoms with Gasteiger partial charge in [0.1, 0.15) is 11.6 Å². The van der Waals surface area contributed by atoms with Gasteiger partial charge in [0, 0.05) is 4.47 Å². The monoisotopic (exact) mass is 311 g/mol. The van der Waals surface area contributed by atoms with Crippen molar-refractivity contribution in [2.75, 3.05) is 7.05 Å². The summed E-state index contributed by atoms with van der Waals surface area (Å²) in [5, 5.41) is 3.16. The second kappa shape index (κ2) is 5.67. The third-order valence-electron chi connectivity index (χ3n) is 3.01. The molecule has 0 aliphatic heterocycles. The van der Waals surface area contributed by atoms with E-state index < -0.39 is 0 Å². The zero-order chi connectivity index (χ0) is 13.1. The van der Waals surface area contributed by atoms with E-state index in [1.165, 1.54) is 6.07 Å². The minimum absolute atomic E-state index is 0.0179. The van der Waals surface area contributed by atoms with E-state index >= 15 is 0 Å². The number of nitrogens with one attached hydrogen (secondary N) is 1. The summed E-state index contributed by atoms with van der Waals surface area (Å²) in [6.45, 7) is 1.99. The lowest BCUT2D eigenvalue weighted by atomic mass is 10.0. The summed E-state index contributed by atoms with van der Waals surface area (Å²) >= 11 is 3.26. The van der Waals surface area contributed by atoms with Gasteiger partial charge >= 0.3 is 0 Å². The molecule has 2 aromatic rings. The van der Waals surface area contributed by atoms with Gasteiger partial charge in [0.2, 0.25) is 0 Å².